The number of carbonyl (C=O) groups is 1. The monoisotopic (exact) mass is 387 g/mol. The van der Waals surface area contributed by atoms with E-state index >= 15 is 0 Å². The maximum atomic E-state index is 13.9. The Hall–Kier alpha value is -1.62. The highest BCUT2D eigenvalue weighted by molar-refractivity contribution is 5.82. The topological polar surface area (TPSA) is 26.8 Å². The summed E-state index contributed by atoms with van der Waals surface area (Å²) in [6, 6.07) is 7.36. The summed E-state index contributed by atoms with van der Waals surface area (Å²) >= 11 is 0. The number of hydrogen-bond acceptors (Lipinski definition) is 3. The van der Waals surface area contributed by atoms with Crippen LogP contribution in [0.25, 0.3) is 0 Å². The molecule has 1 aromatic rings. The van der Waals surface area contributed by atoms with Gasteiger partial charge in [-0.2, -0.15) is 0 Å². The zero-order valence-corrected chi connectivity index (χ0v) is 17.7. The molecule has 0 aromatic heterocycles. The molecule has 0 unspecified atom stereocenters. The van der Waals surface area contributed by atoms with E-state index in [0.29, 0.717) is 17.9 Å². The van der Waals surface area contributed by atoms with Crippen molar-refractivity contribution >= 4 is 11.6 Å². The SMILES string of the molecule is CN1CCC(C)(C(=O)N2CC[C@H]3[C@@H](C2)CC(C)(C)N3c2cccc(F)c2)CC1. The van der Waals surface area contributed by atoms with E-state index in [1.54, 1.807) is 12.1 Å². The second kappa shape index (κ2) is 7.01. The average molecular weight is 388 g/mol. The van der Waals surface area contributed by atoms with Crippen molar-refractivity contribution < 1.29 is 9.18 Å². The van der Waals surface area contributed by atoms with Crippen molar-refractivity contribution in [3.05, 3.63) is 30.1 Å². The second-order valence-electron chi connectivity index (χ2n) is 10.1. The number of nitrogens with zero attached hydrogens (tertiary/aromatic N) is 3. The second-order valence-corrected chi connectivity index (χ2v) is 10.1. The fraction of sp³-hybridized carbons (Fsp3) is 0.696. The summed E-state index contributed by atoms with van der Waals surface area (Å²) in [5.74, 6) is 0.617. The molecule has 1 aromatic carbocycles. The highest BCUT2D eigenvalue weighted by Gasteiger charge is 2.50. The molecule has 0 bridgehead atoms. The number of hydrogen-bond donors (Lipinski definition) is 0. The van der Waals surface area contributed by atoms with Gasteiger partial charge in [-0.15, -0.1) is 0 Å². The minimum absolute atomic E-state index is 0.0281. The Balaban J connectivity index is 1.50. The molecule has 0 aliphatic carbocycles. The van der Waals surface area contributed by atoms with E-state index in [2.05, 4.69) is 42.5 Å². The van der Waals surface area contributed by atoms with Crippen molar-refractivity contribution in [1.82, 2.24) is 9.80 Å². The average Bonchev–Trinajstić information content (AvgIpc) is 2.92. The van der Waals surface area contributed by atoms with Crippen molar-refractivity contribution in [3.8, 4) is 0 Å². The lowest BCUT2D eigenvalue weighted by atomic mass is 9.78. The highest BCUT2D eigenvalue weighted by atomic mass is 19.1. The van der Waals surface area contributed by atoms with Gasteiger partial charge in [-0.05, 0) is 83.8 Å². The molecule has 1 amide bonds. The lowest BCUT2D eigenvalue weighted by molar-refractivity contribution is -0.145. The minimum atomic E-state index is -0.213. The van der Waals surface area contributed by atoms with Crippen LogP contribution in [0, 0.1) is 17.2 Å². The Labute approximate surface area is 168 Å². The minimum Gasteiger partial charge on any atom is -0.363 e. The molecule has 28 heavy (non-hydrogen) atoms. The third-order valence-electron chi connectivity index (χ3n) is 7.42. The van der Waals surface area contributed by atoms with E-state index in [0.717, 1.165) is 57.5 Å². The molecule has 4 nitrogen and oxygen atoms in total. The van der Waals surface area contributed by atoms with Gasteiger partial charge < -0.3 is 14.7 Å². The number of anilines is 1. The van der Waals surface area contributed by atoms with Crippen molar-refractivity contribution in [1.29, 1.82) is 0 Å². The molecule has 3 aliphatic rings. The summed E-state index contributed by atoms with van der Waals surface area (Å²) in [5, 5.41) is 0. The largest absolute Gasteiger partial charge is 0.363 e. The maximum absolute atomic E-state index is 13.9. The van der Waals surface area contributed by atoms with Gasteiger partial charge in [0.25, 0.3) is 0 Å². The molecule has 4 rings (SSSR count). The van der Waals surface area contributed by atoms with E-state index in [1.165, 1.54) is 6.07 Å². The Morgan fingerprint density at radius 3 is 2.54 bits per heavy atom. The number of carbonyl (C=O) groups excluding carboxylic acids is 1. The van der Waals surface area contributed by atoms with Gasteiger partial charge in [0.15, 0.2) is 0 Å². The van der Waals surface area contributed by atoms with Crippen LogP contribution in [0.4, 0.5) is 10.1 Å². The van der Waals surface area contributed by atoms with Crippen LogP contribution in [0.1, 0.15) is 46.5 Å². The van der Waals surface area contributed by atoms with Crippen LogP contribution in [0.5, 0.6) is 0 Å². The molecular weight excluding hydrogens is 353 g/mol. The van der Waals surface area contributed by atoms with Gasteiger partial charge in [0.1, 0.15) is 5.82 Å². The Morgan fingerprint density at radius 2 is 1.86 bits per heavy atom. The van der Waals surface area contributed by atoms with Gasteiger partial charge in [-0.1, -0.05) is 13.0 Å². The fourth-order valence-corrected chi connectivity index (χ4v) is 5.81. The number of amides is 1. The lowest BCUT2D eigenvalue weighted by Crippen LogP contribution is -2.54. The summed E-state index contributed by atoms with van der Waals surface area (Å²) in [6.07, 6.45) is 3.91. The van der Waals surface area contributed by atoms with Crippen LogP contribution < -0.4 is 4.90 Å². The summed E-state index contributed by atoms with van der Waals surface area (Å²) in [6.45, 7) is 10.3. The van der Waals surface area contributed by atoms with E-state index in [9.17, 15) is 9.18 Å². The van der Waals surface area contributed by atoms with Crippen LogP contribution in [0.2, 0.25) is 0 Å². The van der Waals surface area contributed by atoms with Crippen LogP contribution in [-0.2, 0) is 4.79 Å². The number of fused-ring (bicyclic) bond motifs is 1. The molecule has 3 heterocycles. The summed E-state index contributed by atoms with van der Waals surface area (Å²) in [7, 11) is 2.14. The van der Waals surface area contributed by atoms with Crippen molar-refractivity contribution in [2.24, 2.45) is 11.3 Å². The zero-order chi connectivity index (χ0) is 20.1. The van der Waals surface area contributed by atoms with Crippen LogP contribution in [0.3, 0.4) is 0 Å². The van der Waals surface area contributed by atoms with E-state index in [4.69, 9.17) is 0 Å². The first-order valence-corrected chi connectivity index (χ1v) is 10.7. The quantitative estimate of drug-likeness (QED) is 0.773. The Kier molecular flexibility index (Phi) is 4.93. The predicted octanol–water partition coefficient (Wildman–Crippen LogP) is 3.76. The van der Waals surface area contributed by atoms with E-state index < -0.39 is 0 Å². The molecule has 3 saturated heterocycles. The van der Waals surface area contributed by atoms with Crippen LogP contribution >= 0.6 is 0 Å². The van der Waals surface area contributed by atoms with Crippen LogP contribution in [0.15, 0.2) is 24.3 Å². The van der Waals surface area contributed by atoms with Crippen molar-refractivity contribution in [2.45, 2.75) is 58.0 Å². The number of benzene rings is 1. The molecule has 0 saturated carbocycles. The number of rotatable bonds is 2. The standard InChI is InChI=1S/C23H34FN3O/c1-22(2)15-17-16-26(21(28)23(3)9-12-25(4)13-10-23)11-8-20(17)27(22)19-7-5-6-18(24)14-19/h5-7,14,17,20H,8-13,15-16H2,1-4H3/t17-,20+/m1/s1. The van der Waals surface area contributed by atoms with E-state index in [-0.39, 0.29) is 16.8 Å². The lowest BCUT2D eigenvalue weighted by Gasteiger charge is -2.45. The Morgan fingerprint density at radius 1 is 1.14 bits per heavy atom. The van der Waals surface area contributed by atoms with Gasteiger partial charge in [-0.25, -0.2) is 4.39 Å². The molecule has 0 spiro atoms. The van der Waals surface area contributed by atoms with Gasteiger partial charge in [0.2, 0.25) is 5.91 Å². The summed E-state index contributed by atoms with van der Waals surface area (Å²) in [4.78, 5) is 20.2. The van der Waals surface area contributed by atoms with Crippen LogP contribution in [-0.4, -0.2) is 60.5 Å². The smallest absolute Gasteiger partial charge is 0.228 e. The third-order valence-corrected chi connectivity index (χ3v) is 7.42. The third kappa shape index (κ3) is 3.42. The fourth-order valence-electron chi connectivity index (χ4n) is 5.81. The van der Waals surface area contributed by atoms with Gasteiger partial charge in [0.05, 0.1) is 0 Å². The highest BCUT2D eigenvalue weighted by Crippen LogP contribution is 2.45. The number of halogens is 1. The van der Waals surface area contributed by atoms with Gasteiger partial charge in [0, 0.05) is 35.8 Å². The predicted molar refractivity (Wildman–Crippen MR) is 111 cm³/mol. The van der Waals surface area contributed by atoms with Gasteiger partial charge in [-0.3, -0.25) is 4.79 Å². The maximum Gasteiger partial charge on any atom is 0.228 e. The summed E-state index contributed by atoms with van der Waals surface area (Å²) < 4.78 is 13.9. The first-order valence-electron chi connectivity index (χ1n) is 10.7. The van der Waals surface area contributed by atoms with Crippen molar-refractivity contribution in [2.75, 3.05) is 38.1 Å². The molecule has 2 atom stereocenters. The van der Waals surface area contributed by atoms with Gasteiger partial charge >= 0.3 is 0 Å². The molecule has 0 radical (unpaired) electrons. The number of likely N-dealkylation sites (tertiary alicyclic amines) is 2. The zero-order valence-electron chi connectivity index (χ0n) is 17.7. The molecular formula is C23H34FN3O. The molecule has 154 valence electrons. The number of piperidine rings is 2. The normalized spacial score (nSPS) is 29.6. The molecule has 5 heteroatoms. The molecule has 0 N–H and O–H groups in total. The Bertz CT molecular complexity index is 741. The molecule has 3 fully saturated rings. The first-order chi connectivity index (χ1) is 13.2. The summed E-state index contributed by atoms with van der Waals surface area (Å²) in [5.41, 5.74) is 0.731. The molecule has 3 aliphatic heterocycles. The van der Waals surface area contributed by atoms with E-state index in [1.807, 2.05) is 6.07 Å². The van der Waals surface area contributed by atoms with Crippen molar-refractivity contribution in [3.63, 3.8) is 0 Å². The first kappa shape index (κ1) is 19.7.